The van der Waals surface area contributed by atoms with Crippen LogP contribution in [0.1, 0.15) is 88.4 Å². The summed E-state index contributed by atoms with van der Waals surface area (Å²) in [6.45, 7) is 4.22. The maximum Gasteiger partial charge on any atom is 0.306 e. The minimum atomic E-state index is -0.457. The average molecular weight is 635 g/mol. The summed E-state index contributed by atoms with van der Waals surface area (Å²) >= 11 is 0. The molecule has 236 valence electrons. The Morgan fingerprint density at radius 3 is 2.47 bits per heavy atom. The number of aromatic nitrogens is 2. The van der Waals surface area contributed by atoms with Gasteiger partial charge in [-0.05, 0) is 67.5 Å². The lowest BCUT2D eigenvalue weighted by atomic mass is 9.91. The number of benzene rings is 1. The van der Waals surface area contributed by atoms with Crippen LogP contribution in [-0.4, -0.2) is 83.0 Å². The number of hydrogen-bond donors (Lipinski definition) is 0. The first-order valence-corrected chi connectivity index (χ1v) is 17.1. The van der Waals surface area contributed by atoms with Gasteiger partial charge in [0.25, 0.3) is 5.91 Å². The van der Waals surface area contributed by atoms with Gasteiger partial charge in [0.1, 0.15) is 17.1 Å². The molecule has 0 spiro atoms. The molecule has 2 aromatic rings. The molecule has 13 heteroatoms. The summed E-state index contributed by atoms with van der Waals surface area (Å²) in [5.74, 6) is 0.0172. The topological polar surface area (TPSA) is 132 Å². The second kappa shape index (κ2) is 17.9. The summed E-state index contributed by atoms with van der Waals surface area (Å²) in [4.78, 5) is 53.1. The van der Waals surface area contributed by atoms with E-state index in [0.717, 1.165) is 35.6 Å². The molecule has 0 aliphatic heterocycles. The van der Waals surface area contributed by atoms with Crippen LogP contribution in [0.3, 0.4) is 0 Å². The first kappa shape index (κ1) is 34.4. The third kappa shape index (κ3) is 10.9. The first-order chi connectivity index (χ1) is 20.7. The second-order valence-electron chi connectivity index (χ2n) is 10.6. The predicted octanol–water partition coefficient (Wildman–Crippen LogP) is 5.75. The maximum absolute atomic E-state index is 13.0. The van der Waals surface area contributed by atoms with Gasteiger partial charge >= 0.3 is 11.9 Å². The van der Waals surface area contributed by atoms with Crippen molar-refractivity contribution in [1.29, 1.82) is 0 Å². The number of carbonyl (C=O) groups excluding carboxylic acids is 4. The number of nitrogens with zero attached hydrogens (tertiary/aromatic N) is 4. The van der Waals surface area contributed by atoms with E-state index in [1.807, 2.05) is 6.92 Å². The zero-order valence-electron chi connectivity index (χ0n) is 25.4. The van der Waals surface area contributed by atoms with Crippen molar-refractivity contribution >= 4 is 56.9 Å². The quantitative estimate of drug-likeness (QED) is 0.0911. The third-order valence-electron chi connectivity index (χ3n) is 7.52. The number of hydrogen-bond acceptors (Lipinski definition) is 11. The molecule has 0 unspecified atom stereocenters. The van der Waals surface area contributed by atoms with Crippen LogP contribution >= 0.6 is 21.6 Å². The average Bonchev–Trinajstić information content (AvgIpc) is 3.50. The van der Waals surface area contributed by atoms with Crippen LogP contribution in [0.15, 0.2) is 33.4 Å². The summed E-state index contributed by atoms with van der Waals surface area (Å²) in [7, 11) is 6.83. The largest absolute Gasteiger partial charge is 0.465 e. The van der Waals surface area contributed by atoms with Gasteiger partial charge in [0.2, 0.25) is 6.41 Å². The van der Waals surface area contributed by atoms with Crippen LogP contribution in [0.5, 0.6) is 0 Å². The van der Waals surface area contributed by atoms with Gasteiger partial charge < -0.3 is 19.3 Å². The Bertz CT molecular complexity index is 1260. The minimum absolute atomic E-state index is 0.0327. The van der Waals surface area contributed by atoms with Gasteiger partial charge in [0.05, 0.1) is 19.4 Å². The lowest BCUT2D eigenvalue weighted by molar-refractivity contribution is -0.155. The van der Waals surface area contributed by atoms with Gasteiger partial charge in [0, 0.05) is 48.5 Å². The number of allylic oxidation sites excluding steroid dienone is 1. The van der Waals surface area contributed by atoms with Crippen LogP contribution in [0, 0.1) is 0 Å². The summed E-state index contributed by atoms with van der Waals surface area (Å²) in [6.07, 6.45) is 7.10. The van der Waals surface area contributed by atoms with Gasteiger partial charge in [-0.25, -0.2) is 4.63 Å². The SMILES string of the molecule is CCCCCSS/C(CCOC(=O)CCC(=O)O[C@H]1CC[C@H](N(C)C(=O)c2ccc3nonc3c2)CC1)=C(/C)N(C)C=O. The van der Waals surface area contributed by atoms with Crippen molar-refractivity contribution in [3.8, 4) is 0 Å². The second-order valence-corrected chi connectivity index (χ2v) is 13.1. The number of esters is 2. The van der Waals surface area contributed by atoms with Crippen molar-refractivity contribution in [3.05, 3.63) is 34.4 Å². The van der Waals surface area contributed by atoms with E-state index in [0.29, 0.717) is 48.7 Å². The zero-order valence-corrected chi connectivity index (χ0v) is 27.0. The van der Waals surface area contributed by atoms with E-state index in [9.17, 15) is 19.2 Å². The normalized spacial score (nSPS) is 17.2. The van der Waals surface area contributed by atoms with Crippen LogP contribution < -0.4 is 0 Å². The highest BCUT2D eigenvalue weighted by atomic mass is 33.1. The number of amides is 2. The number of carbonyl (C=O) groups is 4. The minimum Gasteiger partial charge on any atom is -0.465 e. The van der Waals surface area contributed by atoms with Crippen molar-refractivity contribution in [2.75, 3.05) is 26.5 Å². The van der Waals surface area contributed by atoms with Crippen molar-refractivity contribution in [3.63, 3.8) is 0 Å². The number of unbranched alkanes of at least 4 members (excludes halogenated alkanes) is 2. The van der Waals surface area contributed by atoms with Crippen molar-refractivity contribution in [1.82, 2.24) is 20.1 Å². The Kier molecular flexibility index (Phi) is 14.3. The molecule has 0 N–H and O–H groups in total. The molecule has 43 heavy (non-hydrogen) atoms. The van der Waals surface area contributed by atoms with Crippen LogP contribution in [0.4, 0.5) is 0 Å². The van der Waals surface area contributed by atoms with Gasteiger partial charge in [-0.15, -0.1) is 0 Å². The summed E-state index contributed by atoms with van der Waals surface area (Å²) in [5.41, 5.74) is 2.47. The zero-order chi connectivity index (χ0) is 31.2. The lowest BCUT2D eigenvalue weighted by Gasteiger charge is -2.34. The van der Waals surface area contributed by atoms with Crippen LogP contribution in [0.25, 0.3) is 11.0 Å². The van der Waals surface area contributed by atoms with Crippen LogP contribution in [0.2, 0.25) is 0 Å². The fourth-order valence-corrected chi connectivity index (χ4v) is 7.32. The standard InChI is InChI=1S/C30H42N4O7S2/c1-5-6-7-18-42-43-27(21(2)33(3)20-35)16-17-39-28(36)14-15-29(37)40-24-11-9-23(10-12-24)34(4)30(38)22-8-13-25-26(19-22)32-41-31-25/h8,13,19-20,23-24H,5-7,9-12,14-18H2,1-4H3/b27-21-/t23-,24-. The van der Waals surface area contributed by atoms with Gasteiger partial charge in [0.15, 0.2) is 0 Å². The molecule has 11 nitrogen and oxygen atoms in total. The van der Waals surface area contributed by atoms with E-state index >= 15 is 0 Å². The lowest BCUT2D eigenvalue weighted by Crippen LogP contribution is -2.41. The Balaban J connectivity index is 1.35. The van der Waals surface area contributed by atoms with Gasteiger partial charge in [-0.3, -0.25) is 19.2 Å². The Morgan fingerprint density at radius 1 is 1.02 bits per heavy atom. The molecule has 1 aliphatic rings. The number of fused-ring (bicyclic) bond motifs is 1. The van der Waals surface area contributed by atoms with E-state index in [4.69, 9.17) is 14.1 Å². The highest BCUT2D eigenvalue weighted by Gasteiger charge is 2.29. The molecule has 2 amide bonds. The first-order valence-electron chi connectivity index (χ1n) is 14.7. The van der Waals surface area contributed by atoms with E-state index in [1.54, 1.807) is 58.8 Å². The third-order valence-corrected chi connectivity index (χ3v) is 10.2. The fourth-order valence-electron chi connectivity index (χ4n) is 4.70. The summed E-state index contributed by atoms with van der Waals surface area (Å²) in [5, 5.41) is 7.57. The molecule has 1 fully saturated rings. The van der Waals surface area contributed by atoms with E-state index < -0.39 is 11.9 Å². The molecular weight excluding hydrogens is 592 g/mol. The molecule has 0 atom stereocenters. The summed E-state index contributed by atoms with van der Waals surface area (Å²) in [6, 6.07) is 5.11. The van der Waals surface area contributed by atoms with Crippen molar-refractivity contribution in [2.24, 2.45) is 0 Å². The highest BCUT2D eigenvalue weighted by molar-refractivity contribution is 8.78. The highest BCUT2D eigenvalue weighted by Crippen LogP contribution is 2.35. The van der Waals surface area contributed by atoms with E-state index in [1.165, 1.54) is 11.3 Å². The molecule has 3 rings (SSSR count). The van der Waals surface area contributed by atoms with Crippen molar-refractivity contribution < 1.29 is 33.3 Å². The molecule has 1 aromatic carbocycles. The predicted molar refractivity (Wildman–Crippen MR) is 167 cm³/mol. The number of rotatable bonds is 17. The van der Waals surface area contributed by atoms with E-state index in [2.05, 4.69) is 17.2 Å². The molecule has 1 heterocycles. The Hall–Kier alpha value is -3.06. The maximum atomic E-state index is 13.0. The summed E-state index contributed by atoms with van der Waals surface area (Å²) < 4.78 is 15.7. The fraction of sp³-hybridized carbons (Fsp3) is 0.600. The van der Waals surface area contributed by atoms with Crippen molar-refractivity contribution in [2.45, 2.75) is 90.2 Å². The smallest absolute Gasteiger partial charge is 0.306 e. The van der Waals surface area contributed by atoms with Crippen LogP contribution in [-0.2, 0) is 23.9 Å². The Labute approximate surface area is 260 Å². The van der Waals surface area contributed by atoms with E-state index in [-0.39, 0.29) is 37.5 Å². The molecule has 1 aliphatic carbocycles. The Morgan fingerprint density at radius 2 is 1.74 bits per heavy atom. The molecular formula is C30H42N4O7S2. The monoisotopic (exact) mass is 634 g/mol. The molecule has 0 bridgehead atoms. The molecule has 1 saturated carbocycles. The molecule has 0 radical (unpaired) electrons. The van der Waals surface area contributed by atoms with Gasteiger partial charge in [-0.1, -0.05) is 41.4 Å². The molecule has 0 saturated heterocycles. The molecule has 1 aromatic heterocycles. The number of ether oxygens (including phenoxy) is 2. The van der Waals surface area contributed by atoms with Gasteiger partial charge in [-0.2, -0.15) is 0 Å².